The van der Waals surface area contributed by atoms with Crippen molar-refractivity contribution in [2.75, 3.05) is 25.7 Å². The summed E-state index contributed by atoms with van der Waals surface area (Å²) in [5, 5.41) is 11.5. The summed E-state index contributed by atoms with van der Waals surface area (Å²) in [6.07, 6.45) is 0.848. The zero-order valence-electron chi connectivity index (χ0n) is 21.7. The van der Waals surface area contributed by atoms with Crippen LogP contribution in [0.1, 0.15) is 51.4 Å². The molecule has 1 atom stereocenters. The van der Waals surface area contributed by atoms with Gasteiger partial charge in [-0.1, -0.05) is 30.4 Å². The molecule has 2 heterocycles. The smallest absolute Gasteiger partial charge is 0.350 e. The van der Waals surface area contributed by atoms with Crippen molar-refractivity contribution >= 4 is 39.9 Å². The number of rotatable bonds is 8. The number of thiazole rings is 1. The molecule has 9 nitrogen and oxygen atoms in total. The fraction of sp³-hybridized carbons (Fsp3) is 0.286. The Labute approximate surface area is 224 Å². The van der Waals surface area contributed by atoms with Gasteiger partial charge in [0.05, 0.1) is 38.1 Å². The van der Waals surface area contributed by atoms with Crippen LogP contribution in [0.5, 0.6) is 11.5 Å². The number of Topliss-reactive ketones (excluding diaryl/α,β-unsaturated/α-hetero) is 1. The summed E-state index contributed by atoms with van der Waals surface area (Å²) >= 11 is 0.945. The van der Waals surface area contributed by atoms with Crippen molar-refractivity contribution in [3.8, 4) is 11.5 Å². The van der Waals surface area contributed by atoms with Crippen LogP contribution in [-0.4, -0.2) is 48.6 Å². The lowest BCUT2D eigenvalue weighted by Gasteiger charge is -2.23. The van der Waals surface area contributed by atoms with Crippen molar-refractivity contribution in [1.82, 2.24) is 4.98 Å². The van der Waals surface area contributed by atoms with Gasteiger partial charge in [-0.2, -0.15) is 0 Å². The van der Waals surface area contributed by atoms with E-state index in [1.165, 1.54) is 19.1 Å². The quantitative estimate of drug-likeness (QED) is 0.186. The van der Waals surface area contributed by atoms with E-state index >= 15 is 0 Å². The number of amides is 1. The van der Waals surface area contributed by atoms with E-state index in [4.69, 9.17) is 14.2 Å². The molecule has 3 aromatic rings. The first kappa shape index (κ1) is 26.9. The third-order valence-electron chi connectivity index (χ3n) is 6.15. The van der Waals surface area contributed by atoms with Crippen LogP contribution in [0.2, 0.25) is 0 Å². The van der Waals surface area contributed by atoms with Crippen LogP contribution >= 0.6 is 11.3 Å². The van der Waals surface area contributed by atoms with Crippen molar-refractivity contribution in [2.45, 2.75) is 33.2 Å². The summed E-state index contributed by atoms with van der Waals surface area (Å²) in [4.78, 5) is 44.9. The van der Waals surface area contributed by atoms with Gasteiger partial charge >= 0.3 is 11.9 Å². The van der Waals surface area contributed by atoms with E-state index < -0.39 is 23.7 Å². The summed E-state index contributed by atoms with van der Waals surface area (Å²) < 4.78 is 15.8. The molecule has 1 aliphatic heterocycles. The highest BCUT2D eigenvalue weighted by Gasteiger charge is 2.48. The van der Waals surface area contributed by atoms with Crippen LogP contribution in [0.15, 0.2) is 48.0 Å². The molecular formula is C28H28N2O7S. The largest absolute Gasteiger partial charge is 0.507 e. The average Bonchev–Trinajstić information content (AvgIpc) is 3.43. The van der Waals surface area contributed by atoms with E-state index in [-0.39, 0.29) is 21.3 Å². The highest BCUT2D eigenvalue weighted by Crippen LogP contribution is 2.44. The Morgan fingerprint density at radius 1 is 1.11 bits per heavy atom. The molecule has 1 fully saturated rings. The Morgan fingerprint density at radius 3 is 2.42 bits per heavy atom. The zero-order chi connectivity index (χ0) is 27.6. The van der Waals surface area contributed by atoms with Gasteiger partial charge in [-0.25, -0.2) is 9.78 Å². The van der Waals surface area contributed by atoms with E-state index in [0.717, 1.165) is 23.3 Å². The molecule has 198 valence electrons. The second kappa shape index (κ2) is 11.1. The molecule has 1 N–H and O–H groups in total. The van der Waals surface area contributed by atoms with Crippen LogP contribution in [0.3, 0.4) is 0 Å². The van der Waals surface area contributed by atoms with Gasteiger partial charge in [-0.3, -0.25) is 14.5 Å². The standard InChI is InChI=1S/C28H28N2O7S/c1-6-13-37-20-12-9-18(14-15(20)2)23(31)21-22(17-7-10-19(35-4)11-8-17)30(26(33)24(21)32)28-29-16(3)25(38-28)27(34)36-5/h7-12,14,22,31H,6,13H2,1-5H3/t22-/m1/s1. The molecule has 2 aromatic carbocycles. The molecule has 0 saturated carbocycles. The number of ether oxygens (including phenoxy) is 3. The first-order valence-corrected chi connectivity index (χ1v) is 12.8. The number of benzene rings is 2. The lowest BCUT2D eigenvalue weighted by molar-refractivity contribution is -0.132. The van der Waals surface area contributed by atoms with Gasteiger partial charge in [0, 0.05) is 5.56 Å². The molecule has 1 aliphatic rings. The number of hydrogen-bond acceptors (Lipinski definition) is 9. The van der Waals surface area contributed by atoms with Crippen molar-refractivity contribution in [3.05, 3.63) is 75.3 Å². The number of carbonyl (C=O) groups excluding carboxylic acids is 3. The van der Waals surface area contributed by atoms with Crippen LogP contribution in [-0.2, 0) is 14.3 Å². The van der Waals surface area contributed by atoms with Gasteiger partial charge in [0.1, 0.15) is 22.1 Å². The van der Waals surface area contributed by atoms with Gasteiger partial charge in [-0.05, 0) is 61.7 Å². The van der Waals surface area contributed by atoms with Crippen LogP contribution in [0.25, 0.3) is 5.76 Å². The minimum atomic E-state index is -0.992. The first-order valence-electron chi connectivity index (χ1n) is 12.0. The number of aromatic nitrogens is 1. The summed E-state index contributed by atoms with van der Waals surface area (Å²) in [6, 6.07) is 10.9. The number of ketones is 1. The Hall–Kier alpha value is -4.18. The third-order valence-corrected chi connectivity index (χ3v) is 7.28. The van der Waals surface area contributed by atoms with Crippen molar-refractivity contribution in [2.24, 2.45) is 0 Å². The van der Waals surface area contributed by atoms with E-state index in [0.29, 0.717) is 34.9 Å². The maximum absolute atomic E-state index is 13.4. The number of nitrogens with zero attached hydrogens (tertiary/aromatic N) is 2. The van der Waals surface area contributed by atoms with Crippen molar-refractivity contribution < 1.29 is 33.7 Å². The molecule has 0 radical (unpaired) electrons. The molecule has 10 heteroatoms. The fourth-order valence-corrected chi connectivity index (χ4v) is 5.24. The molecule has 0 spiro atoms. The number of aliphatic hydroxyl groups excluding tert-OH is 1. The molecule has 1 amide bonds. The third kappa shape index (κ3) is 4.87. The maximum atomic E-state index is 13.4. The Kier molecular flexibility index (Phi) is 7.82. The predicted octanol–water partition coefficient (Wildman–Crippen LogP) is 4.97. The first-order chi connectivity index (χ1) is 18.2. The van der Waals surface area contributed by atoms with Gasteiger partial charge in [0.2, 0.25) is 0 Å². The summed E-state index contributed by atoms with van der Waals surface area (Å²) in [7, 11) is 2.79. The number of aryl methyl sites for hydroxylation is 2. The monoisotopic (exact) mass is 536 g/mol. The number of carbonyl (C=O) groups is 3. The van der Waals surface area contributed by atoms with Crippen LogP contribution < -0.4 is 14.4 Å². The topological polar surface area (TPSA) is 115 Å². The minimum Gasteiger partial charge on any atom is -0.507 e. The van der Waals surface area contributed by atoms with Gasteiger partial charge in [0.15, 0.2) is 5.13 Å². The van der Waals surface area contributed by atoms with Gasteiger partial charge in [0.25, 0.3) is 5.78 Å². The van der Waals surface area contributed by atoms with Crippen molar-refractivity contribution in [1.29, 1.82) is 0 Å². The maximum Gasteiger partial charge on any atom is 0.350 e. The number of aliphatic hydroxyl groups is 1. The highest BCUT2D eigenvalue weighted by molar-refractivity contribution is 7.17. The second-order valence-electron chi connectivity index (χ2n) is 8.67. The Morgan fingerprint density at radius 2 is 1.82 bits per heavy atom. The predicted molar refractivity (Wildman–Crippen MR) is 143 cm³/mol. The Balaban J connectivity index is 1.88. The zero-order valence-corrected chi connectivity index (χ0v) is 22.5. The van der Waals surface area contributed by atoms with E-state index in [9.17, 15) is 19.5 Å². The van der Waals surface area contributed by atoms with E-state index in [1.54, 1.807) is 49.4 Å². The summed E-state index contributed by atoms with van der Waals surface area (Å²) in [5.74, 6) is -1.38. The van der Waals surface area contributed by atoms with Crippen LogP contribution in [0, 0.1) is 13.8 Å². The Bertz CT molecular complexity index is 1430. The van der Waals surface area contributed by atoms with Crippen molar-refractivity contribution in [3.63, 3.8) is 0 Å². The molecule has 0 bridgehead atoms. The minimum absolute atomic E-state index is 0.0886. The second-order valence-corrected chi connectivity index (χ2v) is 9.65. The molecular weight excluding hydrogens is 508 g/mol. The molecule has 4 rings (SSSR count). The SMILES string of the molecule is CCCOc1ccc(C(O)=C2C(=O)C(=O)N(c3nc(C)c(C(=O)OC)s3)[C@@H]2c2ccc(OC)cc2)cc1C. The van der Waals surface area contributed by atoms with Gasteiger partial charge in [-0.15, -0.1) is 0 Å². The fourth-order valence-electron chi connectivity index (χ4n) is 4.22. The number of hydrogen-bond donors (Lipinski definition) is 1. The highest BCUT2D eigenvalue weighted by atomic mass is 32.1. The van der Waals surface area contributed by atoms with Gasteiger partial charge < -0.3 is 19.3 Å². The molecule has 0 aliphatic carbocycles. The molecule has 0 unspecified atom stereocenters. The number of methoxy groups -OCH3 is 2. The summed E-state index contributed by atoms with van der Waals surface area (Å²) in [5.41, 5.74) is 1.97. The summed E-state index contributed by atoms with van der Waals surface area (Å²) in [6.45, 7) is 6.02. The lowest BCUT2D eigenvalue weighted by Crippen LogP contribution is -2.29. The molecule has 1 saturated heterocycles. The molecule has 1 aromatic heterocycles. The lowest BCUT2D eigenvalue weighted by atomic mass is 9.95. The number of anilines is 1. The normalized spacial score (nSPS) is 16.6. The average molecular weight is 537 g/mol. The van der Waals surface area contributed by atoms with E-state index in [2.05, 4.69) is 4.98 Å². The molecule has 38 heavy (non-hydrogen) atoms. The van der Waals surface area contributed by atoms with Crippen LogP contribution in [0.4, 0.5) is 5.13 Å². The van der Waals surface area contributed by atoms with E-state index in [1.807, 2.05) is 13.8 Å². The number of esters is 1.